The minimum absolute atomic E-state index is 0.0549. The fourth-order valence-electron chi connectivity index (χ4n) is 3.54. The fraction of sp³-hybridized carbons (Fsp3) is 0.200. The standard InChI is InChI=1S/C25H22N6O4/c1-16(2)14-30-24(33)20-11-7-6-10-19(20)22(29-30)25(34)35-15-21(32)28-23-17(12-26)13-27-31(23)18-8-4-3-5-9-18/h3-11,13,16H,14-15H2,1-2H3,(H,28,32). The van der Waals surface area contributed by atoms with E-state index in [4.69, 9.17) is 4.74 Å². The average molecular weight is 470 g/mol. The van der Waals surface area contributed by atoms with E-state index in [9.17, 15) is 19.6 Å². The lowest BCUT2D eigenvalue weighted by Gasteiger charge is -2.13. The molecule has 4 aromatic rings. The number of para-hydroxylation sites is 1. The Morgan fingerprint density at radius 1 is 1.09 bits per heavy atom. The summed E-state index contributed by atoms with van der Waals surface area (Å²) in [5.41, 5.74) is 0.439. The van der Waals surface area contributed by atoms with Crippen molar-refractivity contribution in [2.75, 3.05) is 11.9 Å². The van der Waals surface area contributed by atoms with Gasteiger partial charge in [0.2, 0.25) is 0 Å². The summed E-state index contributed by atoms with van der Waals surface area (Å²) in [4.78, 5) is 38.2. The second-order valence-electron chi connectivity index (χ2n) is 8.17. The maximum atomic E-state index is 12.9. The number of nitrogens with zero attached hydrogens (tertiary/aromatic N) is 5. The van der Waals surface area contributed by atoms with Gasteiger partial charge in [-0.05, 0) is 24.1 Å². The summed E-state index contributed by atoms with van der Waals surface area (Å²) >= 11 is 0. The molecule has 1 amide bonds. The third kappa shape index (κ3) is 4.94. The Morgan fingerprint density at radius 3 is 2.46 bits per heavy atom. The number of fused-ring (bicyclic) bond motifs is 1. The van der Waals surface area contributed by atoms with Crippen molar-refractivity contribution in [3.63, 3.8) is 0 Å². The van der Waals surface area contributed by atoms with E-state index in [-0.39, 0.29) is 28.6 Å². The lowest BCUT2D eigenvalue weighted by Crippen LogP contribution is -2.29. The number of ether oxygens (including phenoxy) is 1. The van der Waals surface area contributed by atoms with Crippen molar-refractivity contribution in [2.45, 2.75) is 20.4 Å². The molecule has 35 heavy (non-hydrogen) atoms. The van der Waals surface area contributed by atoms with Gasteiger partial charge in [-0.2, -0.15) is 15.5 Å². The summed E-state index contributed by atoms with van der Waals surface area (Å²) in [5.74, 6) is -1.22. The molecule has 0 aliphatic carbocycles. The molecule has 0 spiro atoms. The van der Waals surface area contributed by atoms with Crippen LogP contribution in [-0.4, -0.2) is 38.0 Å². The molecule has 2 aromatic carbocycles. The minimum atomic E-state index is -0.842. The fourth-order valence-corrected chi connectivity index (χ4v) is 3.54. The van der Waals surface area contributed by atoms with Gasteiger partial charge in [0.05, 0.1) is 17.3 Å². The van der Waals surface area contributed by atoms with Crippen LogP contribution in [0.25, 0.3) is 16.5 Å². The van der Waals surface area contributed by atoms with Gasteiger partial charge in [0.1, 0.15) is 11.6 Å². The molecule has 0 unspecified atom stereocenters. The lowest BCUT2D eigenvalue weighted by molar-refractivity contribution is -0.119. The van der Waals surface area contributed by atoms with Crippen molar-refractivity contribution in [3.05, 3.63) is 82.4 Å². The molecule has 0 fully saturated rings. The number of nitriles is 1. The van der Waals surface area contributed by atoms with Gasteiger partial charge in [0.25, 0.3) is 11.5 Å². The molecule has 0 aliphatic heterocycles. The van der Waals surface area contributed by atoms with E-state index in [1.807, 2.05) is 26.0 Å². The van der Waals surface area contributed by atoms with Crippen LogP contribution in [0.2, 0.25) is 0 Å². The molecule has 0 radical (unpaired) electrons. The van der Waals surface area contributed by atoms with Gasteiger partial charge in [-0.15, -0.1) is 0 Å². The third-order valence-electron chi connectivity index (χ3n) is 5.08. The number of anilines is 1. The highest BCUT2D eigenvalue weighted by atomic mass is 16.5. The van der Waals surface area contributed by atoms with Crippen molar-refractivity contribution in [1.29, 1.82) is 5.26 Å². The van der Waals surface area contributed by atoms with Crippen LogP contribution in [0.5, 0.6) is 0 Å². The first-order valence-electron chi connectivity index (χ1n) is 10.9. The van der Waals surface area contributed by atoms with Crippen molar-refractivity contribution in [2.24, 2.45) is 5.92 Å². The quantitative estimate of drug-likeness (QED) is 0.411. The number of esters is 1. The molecule has 10 heteroatoms. The normalized spacial score (nSPS) is 10.8. The van der Waals surface area contributed by atoms with Gasteiger partial charge >= 0.3 is 5.97 Å². The molecule has 0 bridgehead atoms. The van der Waals surface area contributed by atoms with Crippen LogP contribution < -0.4 is 10.9 Å². The number of benzene rings is 2. The van der Waals surface area contributed by atoms with E-state index in [1.165, 1.54) is 15.6 Å². The molecule has 1 N–H and O–H groups in total. The van der Waals surface area contributed by atoms with Crippen molar-refractivity contribution in [3.8, 4) is 11.8 Å². The summed E-state index contributed by atoms with van der Waals surface area (Å²) in [6.45, 7) is 3.57. The molecule has 2 aromatic heterocycles. The van der Waals surface area contributed by atoms with Gasteiger partial charge < -0.3 is 10.1 Å². The van der Waals surface area contributed by atoms with Crippen LogP contribution in [-0.2, 0) is 16.1 Å². The topological polar surface area (TPSA) is 132 Å². The van der Waals surface area contributed by atoms with Crippen molar-refractivity contribution >= 4 is 28.5 Å². The number of carbonyl (C=O) groups is 2. The summed E-state index contributed by atoms with van der Waals surface area (Å²) in [7, 11) is 0. The monoisotopic (exact) mass is 470 g/mol. The first kappa shape index (κ1) is 23.4. The zero-order valence-corrected chi connectivity index (χ0v) is 19.1. The highest BCUT2D eigenvalue weighted by Gasteiger charge is 2.21. The Balaban J connectivity index is 1.55. The van der Waals surface area contributed by atoms with Gasteiger partial charge in [-0.3, -0.25) is 9.59 Å². The Hall–Kier alpha value is -4.78. The van der Waals surface area contributed by atoms with Gasteiger partial charge in [-0.25, -0.2) is 14.2 Å². The van der Waals surface area contributed by atoms with Crippen molar-refractivity contribution < 1.29 is 14.3 Å². The number of nitrogens with one attached hydrogen (secondary N) is 1. The van der Waals surface area contributed by atoms with E-state index in [1.54, 1.807) is 48.5 Å². The van der Waals surface area contributed by atoms with Crippen LogP contribution in [0.15, 0.2) is 65.6 Å². The van der Waals surface area contributed by atoms with Crippen LogP contribution >= 0.6 is 0 Å². The highest BCUT2D eigenvalue weighted by Crippen LogP contribution is 2.20. The Labute approximate surface area is 200 Å². The Bertz CT molecular complexity index is 1500. The molecule has 4 rings (SSSR count). The van der Waals surface area contributed by atoms with Crippen LogP contribution in [0, 0.1) is 17.2 Å². The molecule has 176 valence electrons. The number of hydrogen-bond acceptors (Lipinski definition) is 7. The minimum Gasteiger partial charge on any atom is -0.451 e. The summed E-state index contributed by atoms with van der Waals surface area (Å²) in [5, 5.41) is 21.0. The largest absolute Gasteiger partial charge is 0.451 e. The van der Waals surface area contributed by atoms with E-state index < -0.39 is 18.5 Å². The smallest absolute Gasteiger partial charge is 0.359 e. The molecular weight excluding hydrogens is 448 g/mol. The molecule has 0 aliphatic rings. The zero-order valence-electron chi connectivity index (χ0n) is 19.1. The van der Waals surface area contributed by atoms with E-state index in [0.29, 0.717) is 23.0 Å². The van der Waals surface area contributed by atoms with E-state index in [2.05, 4.69) is 15.5 Å². The Morgan fingerprint density at radius 2 is 1.77 bits per heavy atom. The van der Waals surface area contributed by atoms with E-state index >= 15 is 0 Å². The highest BCUT2D eigenvalue weighted by molar-refractivity contribution is 6.03. The number of rotatable bonds is 7. The van der Waals surface area contributed by atoms with Crippen LogP contribution in [0.1, 0.15) is 29.9 Å². The average Bonchev–Trinajstić information content (AvgIpc) is 3.27. The second-order valence-corrected chi connectivity index (χ2v) is 8.17. The zero-order chi connectivity index (χ0) is 24.9. The second kappa shape index (κ2) is 10.0. The maximum Gasteiger partial charge on any atom is 0.359 e. The van der Waals surface area contributed by atoms with Gasteiger partial charge in [0, 0.05) is 11.9 Å². The molecule has 0 saturated heterocycles. The number of carbonyl (C=O) groups excluding carboxylic acids is 2. The Kier molecular flexibility index (Phi) is 6.69. The summed E-state index contributed by atoms with van der Waals surface area (Å²) < 4.78 is 7.87. The predicted molar refractivity (Wildman–Crippen MR) is 128 cm³/mol. The van der Waals surface area contributed by atoms with Crippen molar-refractivity contribution in [1.82, 2.24) is 19.6 Å². The molecule has 2 heterocycles. The van der Waals surface area contributed by atoms with Crippen LogP contribution in [0.3, 0.4) is 0 Å². The molecule has 0 atom stereocenters. The third-order valence-corrected chi connectivity index (χ3v) is 5.08. The molecular formula is C25H22N6O4. The predicted octanol–water partition coefficient (Wildman–Crippen LogP) is 2.91. The first-order chi connectivity index (χ1) is 16.9. The maximum absolute atomic E-state index is 12.9. The van der Waals surface area contributed by atoms with Gasteiger partial charge in [-0.1, -0.05) is 50.2 Å². The number of amides is 1. The number of hydrogen-bond donors (Lipinski definition) is 1. The SMILES string of the molecule is CC(C)Cn1nc(C(=O)OCC(=O)Nc2c(C#N)cnn2-c2ccccc2)c2ccccc2c1=O. The molecule has 10 nitrogen and oxygen atoms in total. The molecule has 0 saturated carbocycles. The number of aromatic nitrogens is 4. The van der Waals surface area contributed by atoms with Crippen LogP contribution in [0.4, 0.5) is 5.82 Å². The lowest BCUT2D eigenvalue weighted by atomic mass is 10.1. The summed E-state index contributed by atoms with van der Waals surface area (Å²) in [6.07, 6.45) is 1.34. The summed E-state index contributed by atoms with van der Waals surface area (Å²) in [6, 6.07) is 17.6. The first-order valence-corrected chi connectivity index (χ1v) is 10.9. The van der Waals surface area contributed by atoms with Gasteiger partial charge in [0.15, 0.2) is 18.1 Å². The van der Waals surface area contributed by atoms with E-state index in [0.717, 1.165) is 0 Å².